The van der Waals surface area contributed by atoms with Gasteiger partial charge in [0.25, 0.3) is 0 Å². The predicted molar refractivity (Wildman–Crippen MR) is 84.6 cm³/mol. The van der Waals surface area contributed by atoms with Crippen LogP contribution in [0.4, 0.5) is 5.69 Å². The Bertz CT molecular complexity index is 507. The maximum Gasteiger partial charge on any atom is 0.244 e. The van der Waals surface area contributed by atoms with Gasteiger partial charge < -0.3 is 15.0 Å². The lowest BCUT2D eigenvalue weighted by molar-refractivity contribution is -0.135. The van der Waals surface area contributed by atoms with Crippen LogP contribution in [0.25, 0.3) is 0 Å². The lowest BCUT2D eigenvalue weighted by Crippen LogP contribution is -2.47. The molecule has 1 fully saturated rings. The van der Waals surface area contributed by atoms with Gasteiger partial charge in [-0.3, -0.25) is 4.79 Å². The van der Waals surface area contributed by atoms with Gasteiger partial charge in [0.1, 0.15) is 6.04 Å². The van der Waals surface area contributed by atoms with Crippen LogP contribution in [-0.4, -0.2) is 43.2 Å². The quantitative estimate of drug-likeness (QED) is 0.815. The van der Waals surface area contributed by atoms with E-state index < -0.39 is 0 Å². The number of carbonyl (C=O) groups excluding carboxylic acids is 1. The highest BCUT2D eigenvalue weighted by molar-refractivity contribution is 9.10. The highest BCUT2D eigenvalue weighted by Crippen LogP contribution is 2.36. The zero-order valence-corrected chi connectivity index (χ0v) is 14.1. The summed E-state index contributed by atoms with van der Waals surface area (Å²) >= 11 is 15.5. The van der Waals surface area contributed by atoms with Crippen molar-refractivity contribution in [3.63, 3.8) is 0 Å². The molecule has 1 unspecified atom stereocenters. The Hall–Kier alpha value is -0.490. The Morgan fingerprint density at radius 2 is 2.00 bits per heavy atom. The van der Waals surface area contributed by atoms with Crippen LogP contribution >= 0.6 is 39.1 Å². The van der Waals surface area contributed by atoms with Crippen LogP contribution < -0.4 is 5.32 Å². The van der Waals surface area contributed by atoms with Crippen molar-refractivity contribution < 1.29 is 9.53 Å². The Kier molecular flexibility index (Phi) is 5.55. The van der Waals surface area contributed by atoms with Gasteiger partial charge in [-0.2, -0.15) is 0 Å². The summed E-state index contributed by atoms with van der Waals surface area (Å²) in [6, 6.07) is 3.21. The molecule has 1 aromatic rings. The summed E-state index contributed by atoms with van der Waals surface area (Å²) in [6.45, 7) is 4.23. The molecule has 1 aliphatic heterocycles. The molecule has 0 aromatic heterocycles. The van der Waals surface area contributed by atoms with Gasteiger partial charge in [0.2, 0.25) is 5.91 Å². The van der Waals surface area contributed by atoms with Gasteiger partial charge in [0, 0.05) is 17.6 Å². The second-order valence-electron chi connectivity index (χ2n) is 4.53. The maximum atomic E-state index is 12.3. The van der Waals surface area contributed by atoms with E-state index in [2.05, 4.69) is 21.2 Å². The van der Waals surface area contributed by atoms with E-state index in [9.17, 15) is 4.79 Å². The number of halogens is 3. The second-order valence-corrected chi connectivity index (χ2v) is 6.14. The van der Waals surface area contributed by atoms with Crippen LogP contribution in [0.1, 0.15) is 6.92 Å². The molecule has 0 aliphatic carbocycles. The first-order valence-electron chi connectivity index (χ1n) is 6.27. The van der Waals surface area contributed by atoms with Crippen molar-refractivity contribution in [2.45, 2.75) is 13.0 Å². The fourth-order valence-corrected chi connectivity index (χ4v) is 2.82. The number of nitrogens with one attached hydrogen (secondary N) is 1. The molecule has 7 heteroatoms. The van der Waals surface area contributed by atoms with Crippen LogP contribution in [0, 0.1) is 0 Å². The minimum atomic E-state index is -0.372. The first-order valence-corrected chi connectivity index (χ1v) is 7.82. The van der Waals surface area contributed by atoms with E-state index in [0.717, 1.165) is 4.47 Å². The summed E-state index contributed by atoms with van der Waals surface area (Å²) in [5.74, 6) is 0.0309. The molecule has 1 aliphatic rings. The zero-order chi connectivity index (χ0) is 14.7. The van der Waals surface area contributed by atoms with Crippen molar-refractivity contribution in [1.29, 1.82) is 0 Å². The first kappa shape index (κ1) is 15.9. The number of ether oxygens (including phenoxy) is 1. The lowest BCUT2D eigenvalue weighted by atomic mass is 10.2. The molecule has 0 saturated carbocycles. The van der Waals surface area contributed by atoms with Gasteiger partial charge in [-0.25, -0.2) is 0 Å². The molecule has 1 saturated heterocycles. The Labute approximate surface area is 136 Å². The molecule has 110 valence electrons. The zero-order valence-electron chi connectivity index (χ0n) is 11.0. The number of carbonyl (C=O) groups is 1. The average Bonchev–Trinajstić information content (AvgIpc) is 2.48. The number of nitrogens with zero attached hydrogens (tertiary/aromatic N) is 1. The van der Waals surface area contributed by atoms with Crippen molar-refractivity contribution >= 4 is 50.7 Å². The third-order valence-corrected chi connectivity index (χ3v) is 4.87. The molecule has 20 heavy (non-hydrogen) atoms. The van der Waals surface area contributed by atoms with E-state index in [-0.39, 0.29) is 11.9 Å². The van der Waals surface area contributed by atoms with E-state index in [0.29, 0.717) is 42.0 Å². The number of hydrogen-bond acceptors (Lipinski definition) is 3. The topological polar surface area (TPSA) is 41.6 Å². The predicted octanol–water partition coefficient (Wildman–Crippen LogP) is 3.42. The van der Waals surface area contributed by atoms with Crippen LogP contribution in [0.15, 0.2) is 16.6 Å². The smallest absolute Gasteiger partial charge is 0.244 e. The van der Waals surface area contributed by atoms with Gasteiger partial charge in [0.15, 0.2) is 0 Å². The van der Waals surface area contributed by atoms with E-state index in [4.69, 9.17) is 27.9 Å². The third kappa shape index (κ3) is 3.58. The molecule has 2 rings (SSSR count). The molecule has 4 nitrogen and oxygen atoms in total. The van der Waals surface area contributed by atoms with Crippen LogP contribution in [0.3, 0.4) is 0 Å². The van der Waals surface area contributed by atoms with Crippen molar-refractivity contribution in [2.75, 3.05) is 31.6 Å². The average molecular weight is 382 g/mol. The van der Waals surface area contributed by atoms with Crippen molar-refractivity contribution in [3.8, 4) is 0 Å². The first-order chi connectivity index (χ1) is 9.50. The Morgan fingerprint density at radius 3 is 2.65 bits per heavy atom. The summed E-state index contributed by atoms with van der Waals surface area (Å²) in [7, 11) is 0. The minimum Gasteiger partial charge on any atom is -0.378 e. The van der Waals surface area contributed by atoms with Crippen LogP contribution in [-0.2, 0) is 9.53 Å². The van der Waals surface area contributed by atoms with Gasteiger partial charge in [-0.05, 0) is 35.0 Å². The fourth-order valence-electron chi connectivity index (χ4n) is 1.99. The number of anilines is 1. The van der Waals surface area contributed by atoms with E-state index in [1.807, 2.05) is 6.92 Å². The molecular formula is C13H15BrCl2N2O2. The molecule has 1 amide bonds. The largest absolute Gasteiger partial charge is 0.378 e. The summed E-state index contributed by atoms with van der Waals surface area (Å²) < 4.78 is 5.96. The second kappa shape index (κ2) is 6.98. The maximum absolute atomic E-state index is 12.3. The molecule has 0 radical (unpaired) electrons. The third-order valence-electron chi connectivity index (χ3n) is 3.10. The SMILES string of the molecule is CC(Nc1ccc(Br)c(Cl)c1Cl)C(=O)N1CCOCC1. The summed E-state index contributed by atoms with van der Waals surface area (Å²) in [5, 5.41) is 3.94. The van der Waals surface area contributed by atoms with Crippen molar-refractivity contribution in [2.24, 2.45) is 0 Å². The molecule has 1 aromatic carbocycles. The van der Waals surface area contributed by atoms with Gasteiger partial charge in [0.05, 0.1) is 28.9 Å². The lowest BCUT2D eigenvalue weighted by Gasteiger charge is -2.30. The monoisotopic (exact) mass is 380 g/mol. The molecule has 0 bridgehead atoms. The molecule has 1 N–H and O–H groups in total. The number of benzene rings is 1. The van der Waals surface area contributed by atoms with E-state index >= 15 is 0 Å². The molecule has 1 heterocycles. The van der Waals surface area contributed by atoms with E-state index in [1.54, 1.807) is 17.0 Å². The number of amides is 1. The van der Waals surface area contributed by atoms with Crippen LogP contribution in [0.2, 0.25) is 10.0 Å². The van der Waals surface area contributed by atoms with Gasteiger partial charge in [-0.15, -0.1) is 0 Å². The normalized spacial score (nSPS) is 16.9. The van der Waals surface area contributed by atoms with Gasteiger partial charge >= 0.3 is 0 Å². The highest BCUT2D eigenvalue weighted by Gasteiger charge is 2.23. The van der Waals surface area contributed by atoms with Crippen molar-refractivity contribution in [3.05, 3.63) is 26.7 Å². The molecule has 1 atom stereocenters. The summed E-state index contributed by atoms with van der Waals surface area (Å²) in [4.78, 5) is 14.1. The Balaban J connectivity index is 2.05. The molecular weight excluding hydrogens is 367 g/mol. The highest BCUT2D eigenvalue weighted by atomic mass is 79.9. The van der Waals surface area contributed by atoms with Crippen molar-refractivity contribution in [1.82, 2.24) is 4.90 Å². The number of hydrogen-bond donors (Lipinski definition) is 1. The number of rotatable bonds is 3. The number of morpholine rings is 1. The van der Waals surface area contributed by atoms with E-state index in [1.165, 1.54) is 0 Å². The summed E-state index contributed by atoms with van der Waals surface area (Å²) in [6.07, 6.45) is 0. The van der Waals surface area contributed by atoms with Gasteiger partial charge in [-0.1, -0.05) is 23.2 Å². The fraction of sp³-hybridized carbons (Fsp3) is 0.462. The van der Waals surface area contributed by atoms with Crippen LogP contribution in [0.5, 0.6) is 0 Å². The standard InChI is InChI=1S/C13H15BrCl2N2O2/c1-8(13(19)18-4-6-20-7-5-18)17-10-3-2-9(14)11(15)12(10)16/h2-3,8,17H,4-7H2,1H3. The summed E-state index contributed by atoms with van der Waals surface area (Å²) in [5.41, 5.74) is 0.647. The Morgan fingerprint density at radius 1 is 1.35 bits per heavy atom. The minimum absolute atomic E-state index is 0.0309. The molecule has 0 spiro atoms.